The summed E-state index contributed by atoms with van der Waals surface area (Å²) >= 11 is 0. The van der Waals surface area contributed by atoms with Crippen molar-refractivity contribution in [2.45, 2.75) is 129 Å². The fraction of sp³-hybridized carbons (Fsp3) is 0.524. The predicted molar refractivity (Wildman–Crippen MR) is 212 cm³/mol. The minimum atomic E-state index is -1.17. The Bertz CT molecular complexity index is 2070. The lowest BCUT2D eigenvalue weighted by atomic mass is 10.0. The SMILES string of the molecule is CC(C)(C)OC(=O)NC(C)(C)C(=O)N1CCCC1c1nc2cc(C#Cc3ccc4[nH]c([C@@H]5CCCN5C(=O)C(C)(C)NC(=O)OC(C)(C)C)nc4c3)ccc2[nH]1. The quantitative estimate of drug-likeness (QED) is 0.156. The number of rotatable bonds is 6. The van der Waals surface area contributed by atoms with E-state index >= 15 is 0 Å². The van der Waals surface area contributed by atoms with Gasteiger partial charge in [-0.05, 0) is 131 Å². The van der Waals surface area contributed by atoms with Crippen LogP contribution in [0.5, 0.6) is 0 Å². The number of nitrogens with zero attached hydrogens (tertiary/aromatic N) is 4. The van der Waals surface area contributed by atoms with Crippen molar-refractivity contribution in [2.75, 3.05) is 13.1 Å². The molecule has 2 saturated heterocycles. The zero-order chi connectivity index (χ0) is 40.8. The normalized spacial score (nSPS) is 17.8. The number of H-pyrrole nitrogens is 2. The first-order valence-corrected chi connectivity index (χ1v) is 19.2. The average molecular weight is 767 g/mol. The van der Waals surface area contributed by atoms with Gasteiger partial charge in [-0.25, -0.2) is 19.6 Å². The molecular weight excluding hydrogens is 713 g/mol. The van der Waals surface area contributed by atoms with Crippen LogP contribution < -0.4 is 10.6 Å². The maximum absolute atomic E-state index is 13.7. The van der Waals surface area contributed by atoms with Crippen molar-refractivity contribution in [3.63, 3.8) is 0 Å². The molecule has 4 heterocycles. The third kappa shape index (κ3) is 9.09. The van der Waals surface area contributed by atoms with Crippen molar-refractivity contribution in [3.8, 4) is 11.8 Å². The summed E-state index contributed by atoms with van der Waals surface area (Å²) < 4.78 is 10.8. The second kappa shape index (κ2) is 14.8. The number of aromatic amines is 2. The smallest absolute Gasteiger partial charge is 0.408 e. The number of hydrogen-bond donors (Lipinski definition) is 4. The van der Waals surface area contributed by atoms with Gasteiger partial charge in [0, 0.05) is 24.2 Å². The number of fused-ring (bicyclic) bond motifs is 2. The molecule has 2 aliphatic rings. The van der Waals surface area contributed by atoms with Gasteiger partial charge >= 0.3 is 12.2 Å². The van der Waals surface area contributed by atoms with Crippen LogP contribution in [0.15, 0.2) is 36.4 Å². The fourth-order valence-electron chi connectivity index (χ4n) is 7.20. The predicted octanol–water partition coefficient (Wildman–Crippen LogP) is 6.77. The summed E-state index contributed by atoms with van der Waals surface area (Å²) in [6, 6.07) is 11.1. The van der Waals surface area contributed by atoms with E-state index in [-0.39, 0.29) is 23.9 Å². The summed E-state index contributed by atoms with van der Waals surface area (Å²) in [5.41, 5.74) is 1.01. The molecule has 2 aromatic heterocycles. The average Bonchev–Trinajstić information content (AvgIpc) is 3.89. The van der Waals surface area contributed by atoms with E-state index in [1.165, 1.54) is 0 Å². The Balaban J connectivity index is 1.14. The van der Waals surface area contributed by atoms with Crippen LogP contribution in [0.1, 0.15) is 130 Å². The van der Waals surface area contributed by atoms with Gasteiger partial charge in [0.1, 0.15) is 33.9 Å². The van der Waals surface area contributed by atoms with E-state index in [2.05, 4.69) is 32.4 Å². The van der Waals surface area contributed by atoms with Crippen molar-refractivity contribution < 1.29 is 28.7 Å². The highest BCUT2D eigenvalue weighted by Gasteiger charge is 2.42. The molecule has 6 rings (SSSR count). The Morgan fingerprint density at radius 3 is 1.38 bits per heavy atom. The van der Waals surface area contributed by atoms with Gasteiger partial charge in [0.05, 0.1) is 34.2 Å². The van der Waals surface area contributed by atoms with Crippen LogP contribution in [0.2, 0.25) is 0 Å². The van der Waals surface area contributed by atoms with E-state index < -0.39 is 34.5 Å². The number of carbonyl (C=O) groups is 4. The first-order valence-electron chi connectivity index (χ1n) is 19.2. The topological polar surface area (TPSA) is 175 Å². The summed E-state index contributed by atoms with van der Waals surface area (Å²) in [7, 11) is 0. The Hall–Kier alpha value is -5.58. The van der Waals surface area contributed by atoms with Crippen LogP contribution in [-0.2, 0) is 19.1 Å². The van der Waals surface area contributed by atoms with E-state index in [9.17, 15) is 19.2 Å². The molecule has 0 spiro atoms. The molecule has 4 amide bonds. The van der Waals surface area contributed by atoms with Crippen LogP contribution in [-0.4, -0.2) is 89.1 Å². The molecule has 0 bridgehead atoms. The monoisotopic (exact) mass is 766 g/mol. The number of likely N-dealkylation sites (tertiary alicyclic amines) is 2. The van der Waals surface area contributed by atoms with Gasteiger partial charge in [-0.1, -0.05) is 11.8 Å². The Labute approximate surface area is 327 Å². The number of benzene rings is 2. The highest BCUT2D eigenvalue weighted by atomic mass is 16.6. The highest BCUT2D eigenvalue weighted by Crippen LogP contribution is 2.35. The zero-order valence-corrected chi connectivity index (χ0v) is 34.1. The molecule has 298 valence electrons. The number of carbonyl (C=O) groups excluding carboxylic acids is 4. The van der Waals surface area contributed by atoms with Crippen molar-refractivity contribution in [3.05, 3.63) is 59.2 Å². The molecule has 2 aromatic carbocycles. The lowest BCUT2D eigenvalue weighted by molar-refractivity contribution is -0.138. The van der Waals surface area contributed by atoms with Crippen LogP contribution in [0.3, 0.4) is 0 Å². The first-order chi connectivity index (χ1) is 26.1. The summed E-state index contributed by atoms with van der Waals surface area (Å²) in [5.74, 6) is 7.47. The second-order valence-electron chi connectivity index (χ2n) is 17.8. The van der Waals surface area contributed by atoms with Gasteiger partial charge in [-0.15, -0.1) is 0 Å². The van der Waals surface area contributed by atoms with E-state index in [4.69, 9.17) is 19.4 Å². The molecule has 4 aromatic rings. The van der Waals surface area contributed by atoms with Gasteiger partial charge in [0.15, 0.2) is 0 Å². The molecule has 1 unspecified atom stereocenters. The van der Waals surface area contributed by atoms with Crippen LogP contribution in [0, 0.1) is 11.8 Å². The molecule has 14 nitrogen and oxygen atoms in total. The molecule has 0 radical (unpaired) electrons. The number of amides is 4. The Kier molecular flexibility index (Phi) is 10.6. The van der Waals surface area contributed by atoms with Crippen molar-refractivity contribution in [2.24, 2.45) is 0 Å². The van der Waals surface area contributed by atoms with E-state index in [1.54, 1.807) is 79.0 Å². The summed E-state index contributed by atoms with van der Waals surface area (Å²) in [5, 5.41) is 5.47. The first kappa shape index (κ1) is 40.1. The largest absolute Gasteiger partial charge is 0.444 e. The molecule has 2 fully saturated rings. The standard InChI is InChI=1S/C42H54N8O6/c1-39(2,3)55-37(53)47-41(7,8)35(51)49-21-11-13-31(49)33-43-27-19-17-25(23-29(27)45-33)15-16-26-18-20-28-30(24-26)46-34(44-28)32-14-12-22-50(32)36(52)42(9,10)48-38(54)56-40(4,5)6/h17-20,23-24,31-32H,11-14,21-22H2,1-10H3,(H,43,45)(H,44,46)(H,47,53)(H,48,54)/t31-,32?/m0/s1. The van der Waals surface area contributed by atoms with Gasteiger partial charge in [0.2, 0.25) is 11.8 Å². The molecule has 56 heavy (non-hydrogen) atoms. The number of ether oxygens (including phenoxy) is 2. The number of hydrogen-bond acceptors (Lipinski definition) is 8. The highest BCUT2D eigenvalue weighted by molar-refractivity contribution is 5.90. The van der Waals surface area contributed by atoms with E-state index in [0.29, 0.717) is 24.7 Å². The number of nitrogens with one attached hydrogen (secondary N) is 4. The fourth-order valence-corrected chi connectivity index (χ4v) is 7.20. The zero-order valence-electron chi connectivity index (χ0n) is 34.1. The Morgan fingerprint density at radius 1 is 0.643 bits per heavy atom. The number of imidazole rings is 2. The van der Waals surface area contributed by atoms with Crippen LogP contribution in [0.25, 0.3) is 22.1 Å². The van der Waals surface area contributed by atoms with Crippen molar-refractivity contribution in [1.29, 1.82) is 0 Å². The van der Waals surface area contributed by atoms with Gasteiger partial charge in [-0.3, -0.25) is 9.59 Å². The van der Waals surface area contributed by atoms with Crippen molar-refractivity contribution in [1.82, 2.24) is 40.4 Å². The number of alkyl carbamates (subject to hydrolysis) is 2. The lowest BCUT2D eigenvalue weighted by Crippen LogP contribution is -2.56. The van der Waals surface area contributed by atoms with Crippen molar-refractivity contribution >= 4 is 46.1 Å². The third-order valence-corrected chi connectivity index (χ3v) is 9.71. The molecule has 0 saturated carbocycles. The Morgan fingerprint density at radius 2 is 1.02 bits per heavy atom. The minimum absolute atomic E-state index is 0.204. The molecule has 4 N–H and O–H groups in total. The summed E-state index contributed by atoms with van der Waals surface area (Å²) in [6.45, 7) is 18.5. The molecule has 2 atom stereocenters. The maximum atomic E-state index is 13.7. The summed E-state index contributed by atoms with van der Waals surface area (Å²) in [4.78, 5) is 72.5. The van der Waals surface area contributed by atoms with Gasteiger partial charge < -0.3 is 39.9 Å². The molecular formula is C42H54N8O6. The van der Waals surface area contributed by atoms with Gasteiger partial charge in [0.25, 0.3) is 0 Å². The van der Waals surface area contributed by atoms with Crippen LogP contribution in [0.4, 0.5) is 9.59 Å². The molecule has 0 aliphatic carbocycles. The summed E-state index contributed by atoms with van der Waals surface area (Å²) in [6.07, 6.45) is 1.85. The molecule has 14 heteroatoms. The van der Waals surface area contributed by atoms with E-state index in [0.717, 1.165) is 58.9 Å². The second-order valence-corrected chi connectivity index (χ2v) is 17.8. The van der Waals surface area contributed by atoms with Crippen LogP contribution >= 0.6 is 0 Å². The van der Waals surface area contributed by atoms with E-state index in [1.807, 2.05) is 36.4 Å². The number of aromatic nitrogens is 4. The molecule has 2 aliphatic heterocycles. The lowest BCUT2D eigenvalue weighted by Gasteiger charge is -2.33. The van der Waals surface area contributed by atoms with Gasteiger partial charge in [-0.2, -0.15) is 0 Å². The minimum Gasteiger partial charge on any atom is -0.444 e. The third-order valence-electron chi connectivity index (χ3n) is 9.71. The maximum Gasteiger partial charge on any atom is 0.408 e.